The van der Waals surface area contributed by atoms with Gasteiger partial charge in [0.25, 0.3) is 0 Å². The molecule has 6 unspecified atom stereocenters. The predicted molar refractivity (Wildman–Crippen MR) is 131 cm³/mol. The first kappa shape index (κ1) is 18.5. The molecule has 2 heterocycles. The zero-order valence-corrected chi connectivity index (χ0v) is 18.8. The Morgan fingerprint density at radius 2 is 0.909 bits per heavy atom. The van der Waals surface area contributed by atoms with Crippen LogP contribution in [0, 0.1) is 11.8 Å². The number of benzene rings is 4. The molecule has 0 radical (unpaired) electrons. The largest absolute Gasteiger partial charge is 0.349 e. The molecule has 4 aliphatic rings. The van der Waals surface area contributed by atoms with Crippen LogP contribution in [0.1, 0.15) is 45.2 Å². The molecule has 1 saturated carbocycles. The van der Waals surface area contributed by atoms with Gasteiger partial charge in [-0.25, -0.2) is 0 Å². The summed E-state index contributed by atoms with van der Waals surface area (Å²) < 4.78 is 7.56. The molecular formula is C31H23ClO. The lowest BCUT2D eigenvalue weighted by atomic mass is 9.55. The van der Waals surface area contributed by atoms with Crippen molar-refractivity contribution in [1.82, 2.24) is 0 Å². The lowest BCUT2D eigenvalue weighted by molar-refractivity contribution is -0.0638. The Labute approximate surface area is 199 Å². The van der Waals surface area contributed by atoms with Gasteiger partial charge < -0.3 is 4.74 Å². The van der Waals surface area contributed by atoms with E-state index in [9.17, 15) is 0 Å². The first-order valence-electron chi connectivity index (χ1n) is 11.9. The zero-order chi connectivity index (χ0) is 21.8. The standard InChI is InChI=1S/C31H23ClO/c32-29-25-21-15-7-8-16-22(21)26(29)28-27(25)30(19-11-3-1-4-12-19)23-17-9-10-18-24(23)31(28,33-30)20-13-5-2-6-14-20/h1-18,25-29H. The molecule has 160 valence electrons. The summed E-state index contributed by atoms with van der Waals surface area (Å²) in [4.78, 5) is 0. The number of ether oxygens (including phenoxy) is 1. The number of fused-ring (bicyclic) bond motifs is 15. The lowest BCUT2D eigenvalue weighted by Gasteiger charge is -2.43. The highest BCUT2D eigenvalue weighted by Crippen LogP contribution is 2.80. The Bertz CT molecular complexity index is 1290. The van der Waals surface area contributed by atoms with Crippen LogP contribution in [0.15, 0.2) is 109 Å². The number of hydrogen-bond acceptors (Lipinski definition) is 1. The summed E-state index contributed by atoms with van der Waals surface area (Å²) >= 11 is 7.39. The van der Waals surface area contributed by atoms with Crippen LogP contribution in [0.2, 0.25) is 0 Å². The second kappa shape index (κ2) is 6.17. The van der Waals surface area contributed by atoms with E-state index in [0.717, 1.165) is 0 Å². The molecule has 2 aliphatic carbocycles. The highest BCUT2D eigenvalue weighted by Gasteiger charge is 2.79. The van der Waals surface area contributed by atoms with Crippen molar-refractivity contribution in [1.29, 1.82) is 0 Å². The van der Waals surface area contributed by atoms with Crippen LogP contribution >= 0.6 is 11.6 Å². The van der Waals surface area contributed by atoms with Gasteiger partial charge in [-0.1, -0.05) is 109 Å². The van der Waals surface area contributed by atoms with E-state index < -0.39 is 11.2 Å². The van der Waals surface area contributed by atoms with Gasteiger partial charge in [-0.2, -0.15) is 0 Å². The summed E-state index contributed by atoms with van der Waals surface area (Å²) in [5.41, 5.74) is 6.97. The molecule has 1 saturated heterocycles. The third kappa shape index (κ3) is 1.94. The summed E-state index contributed by atoms with van der Waals surface area (Å²) in [5, 5.41) is 0.0850. The topological polar surface area (TPSA) is 9.23 Å². The van der Waals surface area contributed by atoms with Gasteiger partial charge in [-0.15, -0.1) is 11.6 Å². The number of halogens is 1. The van der Waals surface area contributed by atoms with Gasteiger partial charge >= 0.3 is 0 Å². The van der Waals surface area contributed by atoms with E-state index >= 15 is 0 Å². The quantitative estimate of drug-likeness (QED) is 0.303. The second-order valence-corrected chi connectivity index (χ2v) is 10.5. The third-order valence-electron chi connectivity index (χ3n) is 8.95. The predicted octanol–water partition coefficient (Wildman–Crippen LogP) is 6.95. The molecule has 0 aromatic heterocycles. The Morgan fingerprint density at radius 1 is 0.515 bits per heavy atom. The van der Waals surface area contributed by atoms with Crippen molar-refractivity contribution >= 4 is 11.6 Å². The Balaban J connectivity index is 1.51. The van der Waals surface area contributed by atoms with Crippen LogP contribution in [-0.2, 0) is 15.9 Å². The van der Waals surface area contributed by atoms with Gasteiger partial charge in [0.2, 0.25) is 0 Å². The van der Waals surface area contributed by atoms with Crippen molar-refractivity contribution in [3.8, 4) is 0 Å². The number of rotatable bonds is 2. The van der Waals surface area contributed by atoms with Crippen molar-refractivity contribution in [3.63, 3.8) is 0 Å². The number of hydrogen-bond donors (Lipinski definition) is 0. The van der Waals surface area contributed by atoms with E-state index in [1.165, 1.54) is 33.4 Å². The van der Waals surface area contributed by atoms with Crippen LogP contribution in [0.3, 0.4) is 0 Å². The molecule has 4 bridgehead atoms. The molecule has 2 heteroatoms. The van der Waals surface area contributed by atoms with Crippen molar-refractivity contribution < 1.29 is 4.74 Å². The van der Waals surface area contributed by atoms with Gasteiger partial charge in [-0.3, -0.25) is 0 Å². The lowest BCUT2D eigenvalue weighted by Crippen LogP contribution is -2.42. The highest BCUT2D eigenvalue weighted by atomic mass is 35.5. The van der Waals surface area contributed by atoms with E-state index in [1.54, 1.807) is 0 Å². The van der Waals surface area contributed by atoms with Crippen LogP contribution < -0.4 is 0 Å². The molecule has 4 aromatic rings. The van der Waals surface area contributed by atoms with Gasteiger partial charge in [0.15, 0.2) is 0 Å². The first-order valence-corrected chi connectivity index (χ1v) is 12.4. The molecule has 0 amide bonds. The minimum Gasteiger partial charge on any atom is -0.349 e. The maximum absolute atomic E-state index is 7.56. The maximum atomic E-state index is 7.56. The number of alkyl halides is 1. The van der Waals surface area contributed by atoms with Gasteiger partial charge in [0.05, 0.1) is 0 Å². The molecule has 1 nitrogen and oxygen atoms in total. The summed E-state index contributed by atoms with van der Waals surface area (Å²) in [6, 6.07) is 39.6. The average molecular weight is 447 g/mol. The molecule has 4 aromatic carbocycles. The normalized spacial score (nSPS) is 36.5. The van der Waals surface area contributed by atoms with Gasteiger partial charge in [0, 0.05) is 29.0 Å². The molecule has 0 spiro atoms. The average Bonchev–Trinajstić information content (AvgIpc) is 3.57. The van der Waals surface area contributed by atoms with Gasteiger partial charge in [0.1, 0.15) is 11.2 Å². The van der Waals surface area contributed by atoms with E-state index in [2.05, 4.69) is 109 Å². The van der Waals surface area contributed by atoms with Crippen molar-refractivity contribution in [2.75, 3.05) is 0 Å². The maximum Gasteiger partial charge on any atom is 0.124 e. The zero-order valence-electron chi connectivity index (χ0n) is 18.1. The minimum absolute atomic E-state index is 0.0850. The van der Waals surface area contributed by atoms with Crippen molar-refractivity contribution in [2.24, 2.45) is 11.8 Å². The van der Waals surface area contributed by atoms with Crippen LogP contribution in [0.5, 0.6) is 0 Å². The second-order valence-electron chi connectivity index (χ2n) is 10.0. The molecule has 2 aliphatic heterocycles. The first-order chi connectivity index (χ1) is 16.3. The van der Waals surface area contributed by atoms with E-state index in [4.69, 9.17) is 16.3 Å². The van der Waals surface area contributed by atoms with E-state index in [-0.39, 0.29) is 29.0 Å². The summed E-state index contributed by atoms with van der Waals surface area (Å²) in [6.45, 7) is 0. The fourth-order valence-electron chi connectivity index (χ4n) is 8.10. The Kier molecular flexibility index (Phi) is 3.47. The summed E-state index contributed by atoms with van der Waals surface area (Å²) in [7, 11) is 0. The monoisotopic (exact) mass is 446 g/mol. The van der Waals surface area contributed by atoms with Crippen LogP contribution in [-0.4, -0.2) is 5.38 Å². The van der Waals surface area contributed by atoms with Crippen LogP contribution in [0.25, 0.3) is 0 Å². The molecular weight excluding hydrogens is 424 g/mol. The third-order valence-corrected chi connectivity index (χ3v) is 9.50. The Hall–Kier alpha value is -2.87. The Morgan fingerprint density at radius 3 is 1.36 bits per heavy atom. The fourth-order valence-corrected chi connectivity index (χ4v) is 8.69. The van der Waals surface area contributed by atoms with Crippen LogP contribution in [0.4, 0.5) is 0 Å². The minimum atomic E-state index is -0.502. The smallest absolute Gasteiger partial charge is 0.124 e. The molecule has 2 fully saturated rings. The van der Waals surface area contributed by atoms with Gasteiger partial charge in [-0.05, 0) is 33.4 Å². The molecule has 33 heavy (non-hydrogen) atoms. The molecule has 8 rings (SSSR count). The summed E-state index contributed by atoms with van der Waals surface area (Å²) in [6.07, 6.45) is 0. The highest BCUT2D eigenvalue weighted by molar-refractivity contribution is 6.22. The van der Waals surface area contributed by atoms with Crippen molar-refractivity contribution in [3.05, 3.63) is 143 Å². The van der Waals surface area contributed by atoms with E-state index in [1.807, 2.05) is 0 Å². The fraction of sp³-hybridized carbons (Fsp3) is 0.226. The SMILES string of the molecule is ClC1C2c3ccccc3C1C1C2C2(c3ccccc3)OC1(c1ccccc1)c1ccccc12. The summed E-state index contributed by atoms with van der Waals surface area (Å²) in [5.74, 6) is 1.13. The molecule has 0 N–H and O–H groups in total. The van der Waals surface area contributed by atoms with E-state index in [0.29, 0.717) is 0 Å². The molecule has 6 atom stereocenters. The van der Waals surface area contributed by atoms with Crippen molar-refractivity contribution in [2.45, 2.75) is 28.4 Å².